The summed E-state index contributed by atoms with van der Waals surface area (Å²) >= 11 is 0. The molecule has 0 saturated heterocycles. The Bertz CT molecular complexity index is 1240. The molecule has 2 aliphatic carbocycles. The van der Waals surface area contributed by atoms with E-state index in [1.165, 1.54) is 4.31 Å². The molecule has 0 aromatic heterocycles. The van der Waals surface area contributed by atoms with Gasteiger partial charge in [0.15, 0.2) is 0 Å². The third-order valence-corrected chi connectivity index (χ3v) is 9.79. The molecule has 0 heterocycles. The molecule has 200 valence electrons. The van der Waals surface area contributed by atoms with Gasteiger partial charge >= 0.3 is 5.97 Å². The van der Waals surface area contributed by atoms with Gasteiger partial charge in [-0.2, -0.15) is 4.31 Å². The number of amides is 1. The zero-order valence-electron chi connectivity index (χ0n) is 22.3. The topological polar surface area (TPSA) is 92.8 Å². The molecular weight excluding hydrogens is 488 g/mol. The number of benzene rings is 2. The highest BCUT2D eigenvalue weighted by Gasteiger charge is 2.52. The van der Waals surface area contributed by atoms with Gasteiger partial charge in [0.2, 0.25) is 15.9 Å². The van der Waals surface area contributed by atoms with Gasteiger partial charge in [-0.15, -0.1) is 0 Å². The number of anilines is 1. The van der Waals surface area contributed by atoms with E-state index in [4.69, 9.17) is 4.74 Å². The summed E-state index contributed by atoms with van der Waals surface area (Å²) in [6.45, 7) is 7.48. The number of ether oxygens (including phenoxy) is 1. The number of aryl methyl sites for hydroxylation is 3. The molecule has 0 radical (unpaired) electrons. The van der Waals surface area contributed by atoms with Crippen LogP contribution in [0.15, 0.2) is 41.3 Å². The quantitative estimate of drug-likeness (QED) is 0.455. The number of hydrogen-bond donors (Lipinski definition) is 1. The van der Waals surface area contributed by atoms with Crippen LogP contribution in [0.4, 0.5) is 5.69 Å². The minimum atomic E-state index is -3.88. The van der Waals surface area contributed by atoms with Crippen LogP contribution < -0.4 is 5.32 Å². The molecule has 7 nitrogen and oxygen atoms in total. The monoisotopic (exact) mass is 526 g/mol. The maximum atomic E-state index is 14.0. The largest absolute Gasteiger partial charge is 0.465 e. The minimum absolute atomic E-state index is 0.203. The van der Waals surface area contributed by atoms with E-state index >= 15 is 0 Å². The fraction of sp³-hybridized carbons (Fsp3) is 0.517. The standard InChI is InChI=1S/C29H38N2O5S/c1-5-36-28(33)29(15-16-29)23-11-13-24(14-12-23)30-26(32)19-31(25-9-7-6-8-10-25)37(34,35)27-21(3)17-20(2)18-22(27)4/h11-14,17-18,25H,5-10,15-16,19H2,1-4H3,(H,30,32). The van der Waals surface area contributed by atoms with Gasteiger partial charge in [0, 0.05) is 11.7 Å². The Morgan fingerprint density at radius 1 is 1.00 bits per heavy atom. The summed E-state index contributed by atoms with van der Waals surface area (Å²) in [7, 11) is -3.88. The van der Waals surface area contributed by atoms with Crippen molar-refractivity contribution >= 4 is 27.6 Å². The maximum Gasteiger partial charge on any atom is 0.316 e. The Morgan fingerprint density at radius 2 is 1.59 bits per heavy atom. The van der Waals surface area contributed by atoms with Crippen molar-refractivity contribution in [2.24, 2.45) is 0 Å². The van der Waals surface area contributed by atoms with Crippen molar-refractivity contribution < 1.29 is 22.7 Å². The van der Waals surface area contributed by atoms with E-state index in [-0.39, 0.29) is 24.5 Å². The predicted molar refractivity (Wildman–Crippen MR) is 144 cm³/mol. The lowest BCUT2D eigenvalue weighted by Gasteiger charge is -2.33. The molecule has 0 spiro atoms. The number of nitrogens with zero attached hydrogens (tertiary/aromatic N) is 1. The van der Waals surface area contributed by atoms with E-state index in [9.17, 15) is 18.0 Å². The molecule has 2 aromatic carbocycles. The highest BCUT2D eigenvalue weighted by atomic mass is 32.2. The number of sulfonamides is 1. The van der Waals surface area contributed by atoms with Gasteiger partial charge in [0.05, 0.1) is 23.5 Å². The molecule has 37 heavy (non-hydrogen) atoms. The molecule has 0 bridgehead atoms. The average Bonchev–Trinajstić information content (AvgIpc) is 3.65. The molecule has 1 N–H and O–H groups in total. The minimum Gasteiger partial charge on any atom is -0.465 e. The van der Waals surface area contributed by atoms with Crippen LogP contribution >= 0.6 is 0 Å². The fourth-order valence-corrected chi connectivity index (χ4v) is 7.75. The lowest BCUT2D eigenvalue weighted by atomic mass is 9.95. The smallest absolute Gasteiger partial charge is 0.316 e. The van der Waals surface area contributed by atoms with E-state index in [2.05, 4.69) is 5.32 Å². The van der Waals surface area contributed by atoms with Crippen LogP contribution in [0.5, 0.6) is 0 Å². The van der Waals surface area contributed by atoms with Crippen LogP contribution in [0.1, 0.15) is 74.1 Å². The number of carbonyl (C=O) groups is 2. The fourth-order valence-electron chi connectivity index (χ4n) is 5.69. The Labute approximate surface area is 220 Å². The lowest BCUT2D eigenvalue weighted by Crippen LogP contribution is -2.46. The first-order valence-electron chi connectivity index (χ1n) is 13.3. The number of hydrogen-bond acceptors (Lipinski definition) is 5. The number of carbonyl (C=O) groups excluding carboxylic acids is 2. The third kappa shape index (κ3) is 5.75. The average molecular weight is 527 g/mol. The first-order valence-corrected chi connectivity index (χ1v) is 14.7. The van der Waals surface area contributed by atoms with Crippen LogP contribution in [-0.4, -0.2) is 43.8 Å². The second-order valence-electron chi connectivity index (χ2n) is 10.5. The molecule has 1 amide bonds. The molecule has 2 fully saturated rings. The highest BCUT2D eigenvalue weighted by Crippen LogP contribution is 2.49. The van der Waals surface area contributed by atoms with Gasteiger partial charge in [-0.25, -0.2) is 8.42 Å². The van der Waals surface area contributed by atoms with Crippen LogP contribution in [0.2, 0.25) is 0 Å². The van der Waals surface area contributed by atoms with Crippen molar-refractivity contribution in [1.29, 1.82) is 0 Å². The van der Waals surface area contributed by atoms with Crippen LogP contribution in [0.3, 0.4) is 0 Å². The summed E-state index contributed by atoms with van der Waals surface area (Å²) in [5, 5.41) is 2.87. The van der Waals surface area contributed by atoms with Crippen molar-refractivity contribution in [2.75, 3.05) is 18.5 Å². The SMILES string of the molecule is CCOC(=O)C1(c2ccc(NC(=O)CN(C3CCCCC3)S(=O)(=O)c3c(C)cc(C)cc3C)cc2)CC1. The van der Waals surface area contributed by atoms with Crippen LogP contribution in [0, 0.1) is 20.8 Å². The Balaban J connectivity index is 1.54. The van der Waals surface area contributed by atoms with Gasteiger partial charge < -0.3 is 10.1 Å². The summed E-state index contributed by atoms with van der Waals surface area (Å²) in [5.74, 6) is -0.586. The second-order valence-corrected chi connectivity index (χ2v) is 12.3. The number of nitrogens with one attached hydrogen (secondary N) is 1. The van der Waals surface area contributed by atoms with E-state index < -0.39 is 15.4 Å². The summed E-state index contributed by atoms with van der Waals surface area (Å²) in [4.78, 5) is 25.8. The summed E-state index contributed by atoms with van der Waals surface area (Å²) < 4.78 is 34.6. The second kappa shape index (κ2) is 11.0. The van der Waals surface area contributed by atoms with E-state index in [1.54, 1.807) is 19.1 Å². The molecule has 2 aliphatic rings. The first kappa shape index (κ1) is 27.3. The molecule has 0 aliphatic heterocycles. The predicted octanol–water partition coefficient (Wildman–Crippen LogP) is 5.17. The Morgan fingerprint density at radius 3 is 2.14 bits per heavy atom. The number of rotatable bonds is 9. The molecule has 0 unspecified atom stereocenters. The summed E-state index contributed by atoms with van der Waals surface area (Å²) in [5.41, 5.74) is 3.27. The molecule has 2 saturated carbocycles. The van der Waals surface area contributed by atoms with Crippen molar-refractivity contribution in [2.45, 2.75) is 89.0 Å². The molecule has 0 atom stereocenters. The summed E-state index contributed by atoms with van der Waals surface area (Å²) in [6, 6.07) is 10.8. The highest BCUT2D eigenvalue weighted by molar-refractivity contribution is 7.89. The van der Waals surface area contributed by atoms with Crippen molar-refractivity contribution in [1.82, 2.24) is 4.31 Å². The molecule has 2 aromatic rings. The van der Waals surface area contributed by atoms with Gasteiger partial charge in [-0.3, -0.25) is 9.59 Å². The van der Waals surface area contributed by atoms with Crippen LogP contribution in [-0.2, 0) is 29.8 Å². The first-order chi connectivity index (χ1) is 17.6. The molecule has 4 rings (SSSR count). The molecular formula is C29H38N2O5S. The van der Waals surface area contributed by atoms with Gasteiger partial charge in [-0.05, 0) is 82.2 Å². The summed E-state index contributed by atoms with van der Waals surface area (Å²) in [6.07, 6.45) is 6.00. The Hall–Kier alpha value is -2.71. The molecule has 8 heteroatoms. The van der Waals surface area contributed by atoms with Gasteiger partial charge in [0.25, 0.3) is 0 Å². The van der Waals surface area contributed by atoms with E-state index in [1.807, 2.05) is 45.0 Å². The maximum absolute atomic E-state index is 14.0. The van der Waals surface area contributed by atoms with Crippen molar-refractivity contribution in [3.05, 3.63) is 58.7 Å². The van der Waals surface area contributed by atoms with Gasteiger partial charge in [-0.1, -0.05) is 49.1 Å². The van der Waals surface area contributed by atoms with Crippen molar-refractivity contribution in [3.8, 4) is 0 Å². The van der Waals surface area contributed by atoms with Crippen LogP contribution in [0.25, 0.3) is 0 Å². The zero-order valence-corrected chi connectivity index (χ0v) is 23.1. The number of esters is 1. The van der Waals surface area contributed by atoms with Crippen molar-refractivity contribution in [3.63, 3.8) is 0 Å². The van der Waals surface area contributed by atoms with E-state index in [0.717, 1.165) is 56.1 Å². The zero-order chi connectivity index (χ0) is 26.8. The normalized spacial score (nSPS) is 17.4. The third-order valence-electron chi connectivity index (χ3n) is 7.59. The van der Waals surface area contributed by atoms with Gasteiger partial charge in [0.1, 0.15) is 0 Å². The lowest BCUT2D eigenvalue weighted by molar-refractivity contribution is -0.146. The van der Waals surface area contributed by atoms with E-state index in [0.29, 0.717) is 28.3 Å². The Kier molecular flexibility index (Phi) is 8.09.